The molecule has 5 nitrogen and oxygen atoms in total. The van der Waals surface area contributed by atoms with Crippen LogP contribution in [-0.4, -0.2) is 40.2 Å². The summed E-state index contributed by atoms with van der Waals surface area (Å²) in [6.07, 6.45) is 3.62. The highest BCUT2D eigenvalue weighted by atomic mass is 16.5. The molecule has 0 saturated carbocycles. The van der Waals surface area contributed by atoms with Crippen LogP contribution in [0.15, 0.2) is 66.7 Å². The van der Waals surface area contributed by atoms with Crippen molar-refractivity contribution in [2.45, 2.75) is 31.3 Å². The molecule has 176 valence electrons. The molecule has 3 rings (SSSR count). The lowest BCUT2D eigenvalue weighted by Gasteiger charge is -2.35. The van der Waals surface area contributed by atoms with Crippen molar-refractivity contribution in [1.82, 2.24) is 0 Å². The van der Waals surface area contributed by atoms with Gasteiger partial charge in [-0.2, -0.15) is 0 Å². The van der Waals surface area contributed by atoms with Crippen molar-refractivity contribution >= 4 is 0 Å². The van der Waals surface area contributed by atoms with Gasteiger partial charge in [0.05, 0.1) is 21.3 Å². The largest absolute Gasteiger partial charge is 0.497 e. The summed E-state index contributed by atoms with van der Waals surface area (Å²) in [5.41, 5.74) is 3.29. The Morgan fingerprint density at radius 1 is 0.636 bits per heavy atom. The van der Waals surface area contributed by atoms with E-state index in [4.69, 9.17) is 24.1 Å². The highest BCUT2D eigenvalue weighted by Crippen LogP contribution is 2.42. The van der Waals surface area contributed by atoms with Crippen molar-refractivity contribution in [2.75, 3.05) is 35.0 Å². The van der Waals surface area contributed by atoms with Crippen molar-refractivity contribution in [2.24, 2.45) is 0 Å². The van der Waals surface area contributed by atoms with Crippen LogP contribution in [0.4, 0.5) is 0 Å². The molecule has 0 bridgehead atoms. The molecule has 0 aromatic heterocycles. The first-order chi connectivity index (χ1) is 16.1. The Kier molecular flexibility index (Phi) is 8.75. The van der Waals surface area contributed by atoms with Crippen LogP contribution in [0, 0.1) is 0 Å². The molecule has 0 spiro atoms. The van der Waals surface area contributed by atoms with E-state index in [1.165, 1.54) is 0 Å². The van der Waals surface area contributed by atoms with E-state index in [-0.39, 0.29) is 6.61 Å². The zero-order valence-corrected chi connectivity index (χ0v) is 20.0. The highest BCUT2D eigenvalue weighted by Gasteiger charge is 2.37. The number of hydrogen-bond donors (Lipinski definition) is 1. The Balaban J connectivity index is 2.15. The first kappa shape index (κ1) is 24.6. The summed E-state index contributed by atoms with van der Waals surface area (Å²) in [5, 5.41) is 9.11. The van der Waals surface area contributed by atoms with Gasteiger partial charge in [0.15, 0.2) is 0 Å². The van der Waals surface area contributed by atoms with Gasteiger partial charge in [-0.15, -0.1) is 0 Å². The van der Waals surface area contributed by atoms with Crippen molar-refractivity contribution < 1.29 is 24.1 Å². The minimum Gasteiger partial charge on any atom is -0.497 e. The fourth-order valence-electron chi connectivity index (χ4n) is 4.30. The van der Waals surface area contributed by atoms with Gasteiger partial charge in [0, 0.05) is 13.7 Å². The molecule has 0 aliphatic heterocycles. The summed E-state index contributed by atoms with van der Waals surface area (Å²) in [6, 6.07) is 22.2. The summed E-state index contributed by atoms with van der Waals surface area (Å²) in [4.78, 5) is 0. The maximum atomic E-state index is 9.11. The standard InChI is InChI=1S/C28H34O5/c1-30-25-14-9-22(10-15-25)28(33-4,23-11-16-26(31-2)17-12-23)24-13-18-27(32-3)21(20-24)8-6-5-7-19-29/h9-18,20,29H,5-8,19H2,1-4H3. The number of methoxy groups -OCH3 is 4. The van der Waals surface area contributed by atoms with E-state index in [0.717, 1.165) is 65.2 Å². The maximum absolute atomic E-state index is 9.11. The molecule has 0 radical (unpaired) electrons. The van der Waals surface area contributed by atoms with Crippen LogP contribution < -0.4 is 14.2 Å². The van der Waals surface area contributed by atoms with Gasteiger partial charge in [0.1, 0.15) is 22.8 Å². The summed E-state index contributed by atoms with van der Waals surface area (Å²) < 4.78 is 22.8. The van der Waals surface area contributed by atoms with Crippen LogP contribution in [0.5, 0.6) is 17.2 Å². The molecule has 0 aliphatic carbocycles. The molecule has 0 heterocycles. The molecular weight excluding hydrogens is 416 g/mol. The Labute approximate surface area is 196 Å². The van der Waals surface area contributed by atoms with Gasteiger partial charge in [-0.3, -0.25) is 0 Å². The fraction of sp³-hybridized carbons (Fsp3) is 0.357. The van der Waals surface area contributed by atoms with E-state index < -0.39 is 5.60 Å². The van der Waals surface area contributed by atoms with Crippen LogP contribution in [0.1, 0.15) is 41.5 Å². The molecule has 33 heavy (non-hydrogen) atoms. The monoisotopic (exact) mass is 450 g/mol. The summed E-state index contributed by atoms with van der Waals surface area (Å²) >= 11 is 0. The van der Waals surface area contributed by atoms with E-state index in [9.17, 15) is 0 Å². The summed E-state index contributed by atoms with van der Waals surface area (Å²) in [7, 11) is 6.76. The first-order valence-electron chi connectivity index (χ1n) is 11.3. The zero-order valence-electron chi connectivity index (χ0n) is 20.0. The number of aryl methyl sites for hydroxylation is 1. The van der Waals surface area contributed by atoms with Gasteiger partial charge < -0.3 is 24.1 Å². The number of aliphatic hydroxyl groups is 1. The molecule has 0 amide bonds. The second-order valence-electron chi connectivity index (χ2n) is 7.90. The number of rotatable bonds is 12. The lowest BCUT2D eigenvalue weighted by molar-refractivity contribution is 0.0583. The highest BCUT2D eigenvalue weighted by molar-refractivity contribution is 5.52. The molecule has 3 aromatic carbocycles. The summed E-state index contributed by atoms with van der Waals surface area (Å²) in [5.74, 6) is 2.44. The van der Waals surface area contributed by atoms with Gasteiger partial charge in [-0.05, 0) is 77.9 Å². The molecule has 0 fully saturated rings. The average molecular weight is 451 g/mol. The van der Waals surface area contributed by atoms with Crippen LogP contribution in [0.2, 0.25) is 0 Å². The van der Waals surface area contributed by atoms with Crippen LogP contribution in [-0.2, 0) is 16.8 Å². The molecule has 3 aromatic rings. The van der Waals surface area contributed by atoms with Gasteiger partial charge in [0.25, 0.3) is 0 Å². The molecule has 0 atom stereocenters. The Morgan fingerprint density at radius 3 is 1.64 bits per heavy atom. The van der Waals surface area contributed by atoms with E-state index in [1.54, 1.807) is 28.4 Å². The zero-order chi connectivity index (χ0) is 23.7. The maximum Gasteiger partial charge on any atom is 0.143 e. The average Bonchev–Trinajstić information content (AvgIpc) is 2.88. The SMILES string of the molecule is COc1ccc(C(OC)(c2ccc(OC)cc2)c2ccc(OC)c(CCCCCO)c2)cc1. The van der Waals surface area contributed by atoms with Crippen molar-refractivity contribution in [1.29, 1.82) is 0 Å². The molecular formula is C28H34O5. The van der Waals surface area contributed by atoms with Gasteiger partial charge in [-0.25, -0.2) is 0 Å². The molecule has 1 N–H and O–H groups in total. The normalized spacial score (nSPS) is 11.3. The molecule has 5 heteroatoms. The predicted molar refractivity (Wildman–Crippen MR) is 131 cm³/mol. The smallest absolute Gasteiger partial charge is 0.143 e. The van der Waals surface area contributed by atoms with Crippen LogP contribution in [0.25, 0.3) is 0 Å². The number of aliphatic hydroxyl groups excluding tert-OH is 1. The topological polar surface area (TPSA) is 57.2 Å². The van der Waals surface area contributed by atoms with Crippen molar-refractivity contribution in [3.05, 3.63) is 89.0 Å². The Bertz CT molecular complexity index is 948. The van der Waals surface area contributed by atoms with E-state index in [2.05, 4.69) is 12.1 Å². The van der Waals surface area contributed by atoms with E-state index in [1.807, 2.05) is 54.6 Å². The third-order valence-corrected chi connectivity index (χ3v) is 6.09. The fourth-order valence-corrected chi connectivity index (χ4v) is 4.30. The van der Waals surface area contributed by atoms with Crippen molar-refractivity contribution in [3.63, 3.8) is 0 Å². The minimum absolute atomic E-state index is 0.221. The van der Waals surface area contributed by atoms with Crippen LogP contribution in [0.3, 0.4) is 0 Å². The van der Waals surface area contributed by atoms with Gasteiger partial charge >= 0.3 is 0 Å². The number of unbranched alkanes of at least 4 members (excludes halogenated alkanes) is 2. The lowest BCUT2D eigenvalue weighted by atomic mass is 9.79. The Hall–Kier alpha value is -3.02. The molecule has 0 unspecified atom stereocenters. The van der Waals surface area contributed by atoms with E-state index >= 15 is 0 Å². The third-order valence-electron chi connectivity index (χ3n) is 6.09. The number of hydrogen-bond acceptors (Lipinski definition) is 5. The predicted octanol–water partition coefficient (Wildman–Crippen LogP) is 5.36. The number of benzene rings is 3. The second-order valence-corrected chi connectivity index (χ2v) is 7.90. The quantitative estimate of drug-likeness (QED) is 0.298. The minimum atomic E-state index is -0.829. The van der Waals surface area contributed by atoms with Crippen molar-refractivity contribution in [3.8, 4) is 17.2 Å². The number of ether oxygens (including phenoxy) is 4. The Morgan fingerprint density at radius 2 is 1.18 bits per heavy atom. The lowest BCUT2D eigenvalue weighted by Crippen LogP contribution is -2.31. The summed E-state index contributed by atoms with van der Waals surface area (Å²) in [6.45, 7) is 0.221. The second kappa shape index (κ2) is 11.7. The molecule has 0 aliphatic rings. The third kappa shape index (κ3) is 5.32. The molecule has 0 saturated heterocycles. The van der Waals surface area contributed by atoms with Gasteiger partial charge in [0.2, 0.25) is 0 Å². The first-order valence-corrected chi connectivity index (χ1v) is 11.3. The van der Waals surface area contributed by atoms with E-state index in [0.29, 0.717) is 0 Å². The van der Waals surface area contributed by atoms with Gasteiger partial charge in [-0.1, -0.05) is 36.8 Å². The van der Waals surface area contributed by atoms with Crippen LogP contribution >= 0.6 is 0 Å².